The molecule has 63 valence electrons. The van der Waals surface area contributed by atoms with E-state index in [0.717, 1.165) is 6.42 Å². The Kier molecular flexibility index (Phi) is 1.31. The van der Waals surface area contributed by atoms with Crippen LogP contribution in [0.1, 0.15) is 12.6 Å². The molecule has 0 aliphatic heterocycles. The van der Waals surface area contributed by atoms with Gasteiger partial charge in [0.2, 0.25) is 0 Å². The first-order chi connectivity index (χ1) is 6.45. The minimum atomic E-state index is 0. The lowest BCUT2D eigenvalue weighted by Gasteiger charge is -2.11. The number of rotatable bonds is 0. The van der Waals surface area contributed by atoms with Gasteiger partial charge in [0.05, 0.1) is 0 Å². The van der Waals surface area contributed by atoms with Gasteiger partial charge in [-0.1, -0.05) is 48.6 Å². The zero-order valence-corrected chi connectivity index (χ0v) is 7.33. The molecule has 0 saturated carbocycles. The Labute approximate surface area is 79.0 Å². The summed E-state index contributed by atoms with van der Waals surface area (Å²) in [5, 5.41) is 2.80. The molecule has 1 aliphatic rings. The average Bonchev–Trinajstić information content (AvgIpc) is 2.19. The summed E-state index contributed by atoms with van der Waals surface area (Å²) < 4.78 is 0. The highest BCUT2D eigenvalue weighted by molar-refractivity contribution is 5.94. The van der Waals surface area contributed by atoms with Crippen molar-refractivity contribution < 1.29 is 1.43 Å². The Hall–Kier alpha value is -1.56. The van der Waals surface area contributed by atoms with E-state index in [2.05, 4.69) is 48.6 Å². The van der Waals surface area contributed by atoms with Crippen LogP contribution in [0.3, 0.4) is 0 Å². The van der Waals surface area contributed by atoms with E-state index in [4.69, 9.17) is 0 Å². The monoisotopic (exact) mass is 167 g/mol. The van der Waals surface area contributed by atoms with Crippen LogP contribution in [0.4, 0.5) is 0 Å². The number of allylic oxidation sites excluding steroid dienone is 1. The SMILES string of the molecule is C1=Cc2cccc3cccc(c23)C1.[H]. The first kappa shape index (κ1) is 6.90. The highest BCUT2D eigenvalue weighted by Gasteiger charge is 2.06. The molecule has 0 amide bonds. The van der Waals surface area contributed by atoms with E-state index in [1.54, 1.807) is 0 Å². The first-order valence-electron chi connectivity index (χ1n) is 4.62. The molecule has 2 aromatic carbocycles. The van der Waals surface area contributed by atoms with Gasteiger partial charge in [0, 0.05) is 1.43 Å². The molecule has 1 aliphatic carbocycles. The molecule has 0 heteroatoms. The van der Waals surface area contributed by atoms with Gasteiger partial charge in [-0.05, 0) is 28.3 Å². The van der Waals surface area contributed by atoms with E-state index in [0.29, 0.717) is 0 Å². The Morgan fingerprint density at radius 3 is 2.77 bits per heavy atom. The molecule has 0 nitrogen and oxygen atoms in total. The molecule has 0 bridgehead atoms. The van der Waals surface area contributed by atoms with Crippen molar-refractivity contribution in [2.24, 2.45) is 0 Å². The molecule has 0 N–H and O–H groups in total. The lowest BCUT2D eigenvalue weighted by molar-refractivity contribution is 1.29. The second kappa shape index (κ2) is 2.46. The summed E-state index contributed by atoms with van der Waals surface area (Å²) in [5.74, 6) is 0. The third-order valence-corrected chi connectivity index (χ3v) is 2.66. The second-order valence-corrected chi connectivity index (χ2v) is 3.47. The molecular formula is C13H11. The quantitative estimate of drug-likeness (QED) is 0.563. The Balaban J connectivity index is 0.000000750. The fraction of sp³-hybridized carbons (Fsp3) is 0.0769. The van der Waals surface area contributed by atoms with Gasteiger partial charge < -0.3 is 0 Å². The summed E-state index contributed by atoms with van der Waals surface area (Å²) >= 11 is 0. The zero-order chi connectivity index (χ0) is 8.67. The maximum Gasteiger partial charge on any atom is 0 e. The van der Waals surface area contributed by atoms with Crippen molar-refractivity contribution in [3.8, 4) is 0 Å². The van der Waals surface area contributed by atoms with Crippen LogP contribution in [0.25, 0.3) is 16.8 Å². The van der Waals surface area contributed by atoms with Crippen molar-refractivity contribution in [3.63, 3.8) is 0 Å². The Bertz CT molecular complexity index is 492. The van der Waals surface area contributed by atoms with E-state index < -0.39 is 0 Å². The van der Waals surface area contributed by atoms with Crippen LogP contribution in [0, 0.1) is 0 Å². The highest BCUT2D eigenvalue weighted by atomic mass is 14.1. The number of benzene rings is 2. The topological polar surface area (TPSA) is 0 Å². The van der Waals surface area contributed by atoms with Gasteiger partial charge in [0.1, 0.15) is 0 Å². The second-order valence-electron chi connectivity index (χ2n) is 3.47. The number of hydrogen-bond donors (Lipinski definition) is 0. The van der Waals surface area contributed by atoms with Crippen molar-refractivity contribution in [1.29, 1.82) is 0 Å². The molecule has 0 unspecified atom stereocenters. The van der Waals surface area contributed by atoms with Crippen LogP contribution >= 0.6 is 0 Å². The van der Waals surface area contributed by atoms with Crippen molar-refractivity contribution in [1.82, 2.24) is 0 Å². The fourth-order valence-corrected chi connectivity index (χ4v) is 2.07. The van der Waals surface area contributed by atoms with Crippen LogP contribution in [-0.2, 0) is 6.42 Å². The van der Waals surface area contributed by atoms with Crippen LogP contribution in [0.2, 0.25) is 0 Å². The lowest BCUT2D eigenvalue weighted by atomic mass is 9.93. The number of hydrogen-bond acceptors (Lipinski definition) is 0. The minimum absolute atomic E-state index is 0. The van der Waals surface area contributed by atoms with Gasteiger partial charge >= 0.3 is 0 Å². The minimum Gasteiger partial charge on any atom is -0.0795 e. The standard InChI is InChI=1S/C13H10.H/c1-4-10-6-2-8-12-9-3-7-11(5-1)13(10)12;/h1-8H,9H2;. The zero-order valence-electron chi connectivity index (χ0n) is 8.33. The molecule has 0 spiro atoms. The predicted molar refractivity (Wildman–Crippen MR) is 57.8 cm³/mol. The summed E-state index contributed by atoms with van der Waals surface area (Å²) in [6.07, 6.45) is 5.53. The summed E-state index contributed by atoms with van der Waals surface area (Å²) in [6.45, 7) is 0. The molecule has 2 aromatic rings. The summed E-state index contributed by atoms with van der Waals surface area (Å²) in [6, 6.07) is 13.0. The maximum absolute atomic E-state index is 2.23. The maximum atomic E-state index is 2.23. The first-order valence-corrected chi connectivity index (χ1v) is 4.62. The molecule has 13 heavy (non-hydrogen) atoms. The van der Waals surface area contributed by atoms with Gasteiger partial charge in [-0.15, -0.1) is 0 Å². The lowest BCUT2D eigenvalue weighted by Crippen LogP contribution is -1.91. The van der Waals surface area contributed by atoms with Crippen molar-refractivity contribution in [2.75, 3.05) is 0 Å². The molecule has 0 saturated heterocycles. The van der Waals surface area contributed by atoms with E-state index in [9.17, 15) is 0 Å². The molecule has 0 heterocycles. The van der Waals surface area contributed by atoms with E-state index in [-0.39, 0.29) is 1.43 Å². The van der Waals surface area contributed by atoms with Crippen molar-refractivity contribution in [2.45, 2.75) is 6.42 Å². The molecular weight excluding hydrogens is 156 g/mol. The summed E-state index contributed by atoms with van der Waals surface area (Å²) in [4.78, 5) is 0. The fourth-order valence-electron chi connectivity index (χ4n) is 2.07. The largest absolute Gasteiger partial charge is 0.0795 e. The predicted octanol–water partition coefficient (Wildman–Crippen LogP) is 3.52. The van der Waals surface area contributed by atoms with E-state index in [1.807, 2.05) is 0 Å². The molecule has 3 rings (SSSR count). The van der Waals surface area contributed by atoms with E-state index in [1.165, 1.54) is 21.9 Å². The normalized spacial score (nSPS) is 13.5. The van der Waals surface area contributed by atoms with Crippen LogP contribution in [0.15, 0.2) is 42.5 Å². The Morgan fingerprint density at radius 2 is 1.85 bits per heavy atom. The molecule has 1 radical (unpaired) electrons. The van der Waals surface area contributed by atoms with Crippen molar-refractivity contribution in [3.05, 3.63) is 53.6 Å². The van der Waals surface area contributed by atoms with Gasteiger partial charge in [-0.2, -0.15) is 0 Å². The van der Waals surface area contributed by atoms with Gasteiger partial charge in [-0.25, -0.2) is 0 Å². The third-order valence-electron chi connectivity index (χ3n) is 2.66. The molecule has 0 atom stereocenters. The van der Waals surface area contributed by atoms with Gasteiger partial charge in [0.15, 0.2) is 0 Å². The molecule has 0 aromatic heterocycles. The van der Waals surface area contributed by atoms with E-state index >= 15 is 0 Å². The third kappa shape index (κ3) is 0.919. The van der Waals surface area contributed by atoms with Crippen LogP contribution in [-0.4, -0.2) is 0 Å². The van der Waals surface area contributed by atoms with Gasteiger partial charge in [0.25, 0.3) is 0 Å². The molecule has 0 fully saturated rings. The van der Waals surface area contributed by atoms with Gasteiger partial charge in [-0.3, -0.25) is 0 Å². The summed E-state index contributed by atoms with van der Waals surface area (Å²) in [5.41, 5.74) is 2.81. The average molecular weight is 167 g/mol. The smallest absolute Gasteiger partial charge is 0 e. The summed E-state index contributed by atoms with van der Waals surface area (Å²) in [7, 11) is 0. The highest BCUT2D eigenvalue weighted by Crippen LogP contribution is 2.27. The Morgan fingerprint density at radius 1 is 1.00 bits per heavy atom. The van der Waals surface area contributed by atoms with Crippen LogP contribution < -0.4 is 0 Å². The van der Waals surface area contributed by atoms with Crippen LogP contribution in [0.5, 0.6) is 0 Å². The van der Waals surface area contributed by atoms with Crippen molar-refractivity contribution >= 4 is 16.8 Å².